The van der Waals surface area contributed by atoms with Crippen LogP contribution in [0, 0.1) is 0 Å². The lowest BCUT2D eigenvalue weighted by molar-refractivity contribution is -0.131. The molecule has 2 amide bonds. The molecule has 4 rings (SSSR count). The molecule has 0 bridgehead atoms. The van der Waals surface area contributed by atoms with E-state index in [4.69, 9.17) is 0 Å². The maximum Gasteiger partial charge on any atom is 0.243 e. The van der Waals surface area contributed by atoms with Gasteiger partial charge in [-0.2, -0.15) is 0 Å². The number of carbonyl (C=O) groups is 3. The highest BCUT2D eigenvalue weighted by molar-refractivity contribution is 5.96. The van der Waals surface area contributed by atoms with Crippen LogP contribution in [0.3, 0.4) is 0 Å². The van der Waals surface area contributed by atoms with E-state index < -0.39 is 23.3 Å². The summed E-state index contributed by atoms with van der Waals surface area (Å²) in [6.45, 7) is 3.57. The number of benzene rings is 4. The lowest BCUT2D eigenvalue weighted by atomic mass is 9.80. The molecule has 4 aromatic carbocycles. The van der Waals surface area contributed by atoms with Gasteiger partial charge in [0.1, 0.15) is 6.04 Å². The van der Waals surface area contributed by atoms with Gasteiger partial charge in [-0.15, -0.1) is 0 Å². The molecule has 0 aliphatic rings. The molecular weight excluding hydrogens is 484 g/mol. The van der Waals surface area contributed by atoms with E-state index in [-0.39, 0.29) is 18.2 Å². The zero-order chi connectivity index (χ0) is 27.7. The average molecular weight is 519 g/mol. The van der Waals surface area contributed by atoms with Crippen LogP contribution >= 0.6 is 0 Å². The standard InChI is InChI=1S/C34H34N2O3/c1-34(2,28-21-13-6-14-22-28)30(37)24-35-32(38)29(23-25-15-7-3-8-16-25)36-33(39)31(26-17-9-4-10-18-26)27-19-11-5-12-20-27/h3-22,29,31H,23-24H2,1-2H3,(H,35,38)(H,36,39)/t29-/m0/s1. The molecule has 0 saturated heterocycles. The Kier molecular flexibility index (Phi) is 9.06. The Hall–Kier alpha value is -4.51. The average Bonchev–Trinajstić information content (AvgIpc) is 2.97. The molecule has 5 nitrogen and oxygen atoms in total. The number of Topliss-reactive ketones (excluding diaryl/α,β-unsaturated/α-hetero) is 1. The second-order valence-corrected chi connectivity index (χ2v) is 10.1. The van der Waals surface area contributed by atoms with Gasteiger partial charge in [0.15, 0.2) is 5.78 Å². The third kappa shape index (κ3) is 7.08. The van der Waals surface area contributed by atoms with Gasteiger partial charge in [-0.05, 0) is 36.1 Å². The third-order valence-electron chi connectivity index (χ3n) is 7.06. The van der Waals surface area contributed by atoms with Gasteiger partial charge in [0.25, 0.3) is 0 Å². The molecule has 198 valence electrons. The molecule has 0 spiro atoms. The number of rotatable bonds is 11. The van der Waals surface area contributed by atoms with Crippen molar-refractivity contribution in [3.63, 3.8) is 0 Å². The summed E-state index contributed by atoms with van der Waals surface area (Å²) in [5, 5.41) is 5.79. The minimum Gasteiger partial charge on any atom is -0.347 e. The second kappa shape index (κ2) is 12.8. The van der Waals surface area contributed by atoms with Crippen molar-refractivity contribution < 1.29 is 14.4 Å². The number of nitrogens with one attached hydrogen (secondary N) is 2. The molecule has 5 heteroatoms. The molecule has 0 aliphatic carbocycles. The van der Waals surface area contributed by atoms with Crippen molar-refractivity contribution in [2.24, 2.45) is 0 Å². The summed E-state index contributed by atoms with van der Waals surface area (Å²) >= 11 is 0. The molecule has 2 N–H and O–H groups in total. The minimum absolute atomic E-state index is 0.113. The molecule has 0 fully saturated rings. The highest BCUT2D eigenvalue weighted by atomic mass is 16.2. The molecule has 0 aromatic heterocycles. The van der Waals surface area contributed by atoms with Gasteiger partial charge < -0.3 is 10.6 Å². The first kappa shape index (κ1) is 27.5. The summed E-state index contributed by atoms with van der Waals surface area (Å²) in [6.07, 6.45) is 0.297. The fourth-order valence-electron chi connectivity index (χ4n) is 4.63. The fourth-order valence-corrected chi connectivity index (χ4v) is 4.63. The number of amides is 2. The summed E-state index contributed by atoms with van der Waals surface area (Å²) in [6, 6.07) is 37.2. The van der Waals surface area contributed by atoms with Crippen LogP contribution in [-0.2, 0) is 26.2 Å². The van der Waals surface area contributed by atoms with Gasteiger partial charge >= 0.3 is 0 Å². The lowest BCUT2D eigenvalue weighted by Crippen LogP contribution is -2.51. The quantitative estimate of drug-likeness (QED) is 0.286. The van der Waals surface area contributed by atoms with Crippen molar-refractivity contribution in [2.45, 2.75) is 37.6 Å². The van der Waals surface area contributed by atoms with E-state index in [2.05, 4.69) is 10.6 Å². The van der Waals surface area contributed by atoms with Crippen molar-refractivity contribution in [1.29, 1.82) is 0 Å². The molecule has 0 heterocycles. The Bertz CT molecular complexity index is 1330. The van der Waals surface area contributed by atoms with Crippen LogP contribution in [0.4, 0.5) is 0 Å². The number of ketones is 1. The number of hydrogen-bond donors (Lipinski definition) is 2. The van der Waals surface area contributed by atoms with Gasteiger partial charge in [0, 0.05) is 6.42 Å². The minimum atomic E-state index is -0.859. The summed E-state index contributed by atoms with van der Waals surface area (Å²) in [5.74, 6) is -1.38. The maximum atomic E-state index is 13.8. The van der Waals surface area contributed by atoms with E-state index in [1.165, 1.54) is 0 Å². The highest BCUT2D eigenvalue weighted by Gasteiger charge is 2.32. The van der Waals surface area contributed by atoms with Crippen LogP contribution in [0.2, 0.25) is 0 Å². The van der Waals surface area contributed by atoms with Gasteiger partial charge in [-0.3, -0.25) is 14.4 Å². The van der Waals surface area contributed by atoms with Crippen molar-refractivity contribution in [1.82, 2.24) is 10.6 Å². The zero-order valence-corrected chi connectivity index (χ0v) is 22.3. The van der Waals surface area contributed by atoms with Gasteiger partial charge in [0.2, 0.25) is 11.8 Å². The van der Waals surface area contributed by atoms with Gasteiger partial charge in [0.05, 0.1) is 17.9 Å². The summed E-state index contributed by atoms with van der Waals surface area (Å²) < 4.78 is 0. The highest BCUT2D eigenvalue weighted by Crippen LogP contribution is 2.26. The van der Waals surface area contributed by atoms with Crippen molar-refractivity contribution >= 4 is 17.6 Å². The fraction of sp³-hybridized carbons (Fsp3) is 0.206. The van der Waals surface area contributed by atoms with Crippen molar-refractivity contribution in [2.75, 3.05) is 6.54 Å². The molecule has 0 radical (unpaired) electrons. The van der Waals surface area contributed by atoms with Crippen LogP contribution < -0.4 is 10.6 Å². The first-order chi connectivity index (χ1) is 18.9. The monoisotopic (exact) mass is 518 g/mol. The third-order valence-corrected chi connectivity index (χ3v) is 7.06. The topological polar surface area (TPSA) is 75.3 Å². The van der Waals surface area contributed by atoms with Crippen LogP contribution in [0.1, 0.15) is 42.0 Å². The van der Waals surface area contributed by atoms with Crippen molar-refractivity contribution in [3.05, 3.63) is 144 Å². The Balaban J connectivity index is 1.54. The lowest BCUT2D eigenvalue weighted by Gasteiger charge is -2.26. The summed E-state index contributed by atoms with van der Waals surface area (Å²) in [4.78, 5) is 40.4. The predicted molar refractivity (Wildman–Crippen MR) is 154 cm³/mol. The van der Waals surface area contributed by atoms with Crippen LogP contribution in [0.25, 0.3) is 0 Å². The molecule has 0 saturated carbocycles. The molecule has 0 unspecified atom stereocenters. The van der Waals surface area contributed by atoms with E-state index in [1.807, 2.05) is 135 Å². The molecular formula is C34H34N2O3. The molecule has 4 aromatic rings. The number of carbonyl (C=O) groups excluding carboxylic acids is 3. The normalized spacial score (nSPS) is 12.0. The zero-order valence-electron chi connectivity index (χ0n) is 22.3. The van der Waals surface area contributed by atoms with E-state index >= 15 is 0 Å². The number of hydrogen-bond acceptors (Lipinski definition) is 3. The van der Waals surface area contributed by atoms with Crippen LogP contribution in [0.15, 0.2) is 121 Å². The maximum absolute atomic E-state index is 13.8. The van der Waals surface area contributed by atoms with E-state index in [0.29, 0.717) is 6.42 Å². The largest absolute Gasteiger partial charge is 0.347 e. The second-order valence-electron chi connectivity index (χ2n) is 10.1. The van der Waals surface area contributed by atoms with Gasteiger partial charge in [-0.25, -0.2) is 0 Å². The Labute approximate surface area is 230 Å². The first-order valence-electron chi connectivity index (χ1n) is 13.2. The van der Waals surface area contributed by atoms with E-state index in [0.717, 1.165) is 22.3 Å². The SMILES string of the molecule is CC(C)(C(=O)CNC(=O)[C@H](Cc1ccccc1)NC(=O)C(c1ccccc1)c1ccccc1)c1ccccc1. The van der Waals surface area contributed by atoms with Gasteiger partial charge in [-0.1, -0.05) is 121 Å². The molecule has 0 aliphatic heterocycles. The first-order valence-corrected chi connectivity index (χ1v) is 13.2. The predicted octanol–water partition coefficient (Wildman–Crippen LogP) is 5.21. The Morgan fingerprint density at radius 2 is 1.10 bits per heavy atom. The van der Waals surface area contributed by atoms with Crippen molar-refractivity contribution in [3.8, 4) is 0 Å². The van der Waals surface area contributed by atoms with Crippen LogP contribution in [0.5, 0.6) is 0 Å². The molecule has 39 heavy (non-hydrogen) atoms. The van der Waals surface area contributed by atoms with Crippen LogP contribution in [-0.4, -0.2) is 30.2 Å². The summed E-state index contributed by atoms with van der Waals surface area (Å²) in [7, 11) is 0. The Morgan fingerprint density at radius 1 is 0.641 bits per heavy atom. The summed E-state index contributed by atoms with van der Waals surface area (Å²) in [5.41, 5.74) is 2.69. The Morgan fingerprint density at radius 3 is 1.62 bits per heavy atom. The smallest absolute Gasteiger partial charge is 0.243 e. The van der Waals surface area contributed by atoms with E-state index in [1.54, 1.807) is 0 Å². The van der Waals surface area contributed by atoms with E-state index in [9.17, 15) is 14.4 Å². The molecule has 1 atom stereocenters.